The predicted octanol–water partition coefficient (Wildman–Crippen LogP) is 2.82. The number of carbonyl (C=O) groups excluding carboxylic acids is 1. The third-order valence-corrected chi connectivity index (χ3v) is 6.76. The van der Waals surface area contributed by atoms with Gasteiger partial charge in [0, 0.05) is 25.7 Å². The molecule has 0 aliphatic rings. The third-order valence-electron chi connectivity index (χ3n) is 4.70. The van der Waals surface area contributed by atoms with Crippen molar-refractivity contribution in [2.75, 3.05) is 19.6 Å². The van der Waals surface area contributed by atoms with E-state index >= 15 is 0 Å². The first-order valence-electron chi connectivity index (χ1n) is 9.62. The van der Waals surface area contributed by atoms with Crippen molar-refractivity contribution in [2.45, 2.75) is 38.3 Å². The van der Waals surface area contributed by atoms with Crippen LogP contribution in [0.25, 0.3) is 0 Å². The number of hydrogen-bond acceptors (Lipinski definition) is 4. The number of nitrogens with one attached hydrogen (secondary N) is 2. The van der Waals surface area contributed by atoms with Gasteiger partial charge in [0.1, 0.15) is 5.82 Å². The standard InChI is InChI=1S/C21H28FN3O3S/c1-4-25(5-2)29(27,28)20-12-8-18(9-13-20)16(3)23-15-21(26)24-14-17-6-10-19(22)11-7-17/h6-13,16,23H,4-5,14-15H2,1-3H3,(H,24,26)/t16-/m1/s1. The second kappa shape index (κ2) is 10.5. The van der Waals surface area contributed by atoms with Gasteiger partial charge in [-0.3, -0.25) is 4.79 Å². The lowest BCUT2D eigenvalue weighted by Gasteiger charge is -2.19. The highest BCUT2D eigenvalue weighted by Crippen LogP contribution is 2.19. The molecule has 1 atom stereocenters. The number of sulfonamides is 1. The van der Waals surface area contributed by atoms with E-state index < -0.39 is 10.0 Å². The van der Waals surface area contributed by atoms with Gasteiger partial charge >= 0.3 is 0 Å². The molecule has 0 aromatic heterocycles. The van der Waals surface area contributed by atoms with E-state index in [1.54, 1.807) is 36.4 Å². The highest BCUT2D eigenvalue weighted by atomic mass is 32.2. The molecule has 1 amide bonds. The van der Waals surface area contributed by atoms with E-state index in [4.69, 9.17) is 0 Å². The molecular weight excluding hydrogens is 393 g/mol. The van der Waals surface area contributed by atoms with Crippen LogP contribution in [0.2, 0.25) is 0 Å². The Morgan fingerprint density at radius 3 is 2.17 bits per heavy atom. The van der Waals surface area contributed by atoms with Gasteiger partial charge in [-0.25, -0.2) is 12.8 Å². The molecule has 0 aliphatic carbocycles. The molecule has 0 saturated heterocycles. The van der Waals surface area contributed by atoms with Crippen LogP contribution in [-0.4, -0.2) is 38.3 Å². The fourth-order valence-electron chi connectivity index (χ4n) is 2.87. The van der Waals surface area contributed by atoms with Gasteiger partial charge in [0.15, 0.2) is 0 Å². The second-order valence-corrected chi connectivity index (χ2v) is 8.60. The van der Waals surface area contributed by atoms with Crippen LogP contribution in [0.1, 0.15) is 37.9 Å². The Morgan fingerprint density at radius 2 is 1.62 bits per heavy atom. The lowest BCUT2D eigenvalue weighted by Crippen LogP contribution is -2.34. The summed E-state index contributed by atoms with van der Waals surface area (Å²) in [6.07, 6.45) is 0. The molecule has 29 heavy (non-hydrogen) atoms. The van der Waals surface area contributed by atoms with E-state index in [2.05, 4.69) is 10.6 Å². The van der Waals surface area contributed by atoms with Crippen LogP contribution in [0.4, 0.5) is 4.39 Å². The minimum Gasteiger partial charge on any atom is -0.351 e. The first-order valence-corrected chi connectivity index (χ1v) is 11.1. The molecule has 2 N–H and O–H groups in total. The molecule has 2 aromatic rings. The van der Waals surface area contributed by atoms with E-state index in [9.17, 15) is 17.6 Å². The third kappa shape index (κ3) is 6.35. The van der Waals surface area contributed by atoms with Gasteiger partial charge in [0.25, 0.3) is 0 Å². The van der Waals surface area contributed by atoms with Crippen LogP contribution in [0.15, 0.2) is 53.4 Å². The van der Waals surface area contributed by atoms with E-state index in [1.807, 2.05) is 20.8 Å². The van der Waals surface area contributed by atoms with Gasteiger partial charge < -0.3 is 10.6 Å². The molecule has 0 aliphatic heterocycles. The molecule has 158 valence electrons. The average Bonchev–Trinajstić information content (AvgIpc) is 2.72. The largest absolute Gasteiger partial charge is 0.351 e. The van der Waals surface area contributed by atoms with Crippen molar-refractivity contribution in [3.63, 3.8) is 0 Å². The number of benzene rings is 2. The fraction of sp³-hybridized carbons (Fsp3) is 0.381. The SMILES string of the molecule is CCN(CC)S(=O)(=O)c1ccc([C@@H](C)NCC(=O)NCc2ccc(F)cc2)cc1. The molecule has 0 fully saturated rings. The zero-order valence-corrected chi connectivity index (χ0v) is 17.8. The Balaban J connectivity index is 1.88. The predicted molar refractivity (Wildman–Crippen MR) is 111 cm³/mol. The molecule has 0 unspecified atom stereocenters. The Labute approximate surface area is 172 Å². The van der Waals surface area contributed by atoms with Crippen LogP contribution in [0.3, 0.4) is 0 Å². The summed E-state index contributed by atoms with van der Waals surface area (Å²) in [4.78, 5) is 12.3. The zero-order chi connectivity index (χ0) is 21.4. The van der Waals surface area contributed by atoms with Gasteiger partial charge in [-0.2, -0.15) is 4.31 Å². The summed E-state index contributed by atoms with van der Waals surface area (Å²) in [5.74, 6) is -0.492. The van der Waals surface area contributed by atoms with Crippen molar-refractivity contribution in [1.82, 2.24) is 14.9 Å². The summed E-state index contributed by atoms with van der Waals surface area (Å²) in [5, 5.41) is 5.89. The Morgan fingerprint density at radius 1 is 1.03 bits per heavy atom. The normalized spacial score (nSPS) is 12.7. The number of rotatable bonds is 10. The van der Waals surface area contributed by atoms with Gasteiger partial charge in [-0.05, 0) is 42.3 Å². The number of nitrogens with zero attached hydrogens (tertiary/aromatic N) is 1. The lowest BCUT2D eigenvalue weighted by atomic mass is 10.1. The van der Waals surface area contributed by atoms with Crippen molar-refractivity contribution in [2.24, 2.45) is 0 Å². The topological polar surface area (TPSA) is 78.5 Å². The van der Waals surface area contributed by atoms with Crippen LogP contribution < -0.4 is 10.6 Å². The van der Waals surface area contributed by atoms with Crippen LogP contribution in [-0.2, 0) is 21.4 Å². The van der Waals surface area contributed by atoms with Crippen molar-refractivity contribution < 1.29 is 17.6 Å². The summed E-state index contributed by atoms with van der Waals surface area (Å²) in [6, 6.07) is 12.5. The highest BCUT2D eigenvalue weighted by molar-refractivity contribution is 7.89. The monoisotopic (exact) mass is 421 g/mol. The highest BCUT2D eigenvalue weighted by Gasteiger charge is 2.21. The molecule has 2 aromatic carbocycles. The number of halogens is 1. The molecule has 0 saturated carbocycles. The molecule has 8 heteroatoms. The van der Waals surface area contributed by atoms with Crippen molar-refractivity contribution >= 4 is 15.9 Å². The zero-order valence-electron chi connectivity index (χ0n) is 17.0. The number of hydrogen-bond donors (Lipinski definition) is 2. The maximum absolute atomic E-state index is 12.9. The summed E-state index contributed by atoms with van der Waals surface area (Å²) in [6.45, 7) is 6.80. The van der Waals surface area contributed by atoms with E-state index in [1.165, 1.54) is 16.4 Å². The van der Waals surface area contributed by atoms with Gasteiger partial charge in [-0.1, -0.05) is 38.1 Å². The molecule has 2 rings (SSSR count). The van der Waals surface area contributed by atoms with Crippen molar-refractivity contribution in [1.29, 1.82) is 0 Å². The summed E-state index contributed by atoms with van der Waals surface area (Å²) < 4.78 is 39.4. The summed E-state index contributed by atoms with van der Waals surface area (Å²) in [5.41, 5.74) is 1.70. The van der Waals surface area contributed by atoms with E-state index in [-0.39, 0.29) is 29.2 Å². The summed E-state index contributed by atoms with van der Waals surface area (Å²) >= 11 is 0. The van der Waals surface area contributed by atoms with Crippen LogP contribution in [0, 0.1) is 5.82 Å². The van der Waals surface area contributed by atoms with Crippen LogP contribution >= 0.6 is 0 Å². The Kier molecular flexibility index (Phi) is 8.31. The van der Waals surface area contributed by atoms with Gasteiger partial charge in [-0.15, -0.1) is 0 Å². The van der Waals surface area contributed by atoms with Crippen molar-refractivity contribution in [3.05, 3.63) is 65.5 Å². The lowest BCUT2D eigenvalue weighted by molar-refractivity contribution is -0.120. The van der Waals surface area contributed by atoms with Gasteiger partial charge in [0.2, 0.25) is 15.9 Å². The number of carbonyl (C=O) groups is 1. The molecule has 0 heterocycles. The maximum atomic E-state index is 12.9. The smallest absolute Gasteiger partial charge is 0.243 e. The first-order chi connectivity index (χ1) is 13.8. The molecular formula is C21H28FN3O3S. The minimum atomic E-state index is -3.48. The Bertz CT molecular complexity index is 896. The number of amides is 1. The first kappa shape index (κ1) is 23.0. The minimum absolute atomic E-state index is 0.113. The quantitative estimate of drug-likeness (QED) is 0.618. The van der Waals surface area contributed by atoms with E-state index in [0.717, 1.165) is 11.1 Å². The molecule has 0 radical (unpaired) electrons. The fourth-order valence-corrected chi connectivity index (χ4v) is 4.33. The van der Waals surface area contributed by atoms with E-state index in [0.29, 0.717) is 19.6 Å². The van der Waals surface area contributed by atoms with Gasteiger partial charge in [0.05, 0.1) is 11.4 Å². The Hall–Kier alpha value is -2.29. The molecule has 6 nitrogen and oxygen atoms in total. The second-order valence-electron chi connectivity index (χ2n) is 6.66. The molecule has 0 bridgehead atoms. The van der Waals surface area contributed by atoms with Crippen molar-refractivity contribution in [3.8, 4) is 0 Å². The maximum Gasteiger partial charge on any atom is 0.243 e. The molecule has 0 spiro atoms. The summed E-state index contributed by atoms with van der Waals surface area (Å²) in [7, 11) is -3.48. The average molecular weight is 422 g/mol. The van der Waals surface area contributed by atoms with Crippen LogP contribution in [0.5, 0.6) is 0 Å².